The molecule has 0 aliphatic carbocycles. The third-order valence-corrected chi connectivity index (χ3v) is 2.60. The van der Waals surface area contributed by atoms with Crippen molar-refractivity contribution in [1.82, 2.24) is 10.4 Å². The third-order valence-electron chi connectivity index (χ3n) is 2.60. The highest BCUT2D eigenvalue weighted by Crippen LogP contribution is 2.11. The van der Waals surface area contributed by atoms with Gasteiger partial charge in [0.1, 0.15) is 6.04 Å². The summed E-state index contributed by atoms with van der Waals surface area (Å²) in [5.74, 6) is -0.888. The highest BCUT2D eigenvalue weighted by molar-refractivity contribution is 5.97. The van der Waals surface area contributed by atoms with Crippen LogP contribution in [-0.2, 0) is 4.79 Å². The van der Waals surface area contributed by atoms with Crippen LogP contribution >= 0.6 is 0 Å². The Labute approximate surface area is 113 Å². The maximum atomic E-state index is 11.9. The van der Waals surface area contributed by atoms with E-state index in [0.717, 1.165) is 0 Å². The molecule has 2 N–H and O–H groups in total. The Bertz CT molecular complexity index is 452. The Morgan fingerprint density at radius 2 is 1.74 bits per heavy atom. The van der Waals surface area contributed by atoms with Gasteiger partial charge in [-0.1, -0.05) is 18.2 Å². The molecule has 0 bridgehead atoms. The fraction of sp³-hybridized carbons (Fsp3) is 0.429. The van der Waals surface area contributed by atoms with Gasteiger partial charge in [0.05, 0.1) is 5.54 Å². The Hall–Kier alpha value is -1.88. The van der Waals surface area contributed by atoms with Crippen LogP contribution in [0.15, 0.2) is 30.3 Å². The molecule has 5 heteroatoms. The largest absolute Gasteiger partial charge is 0.340 e. The SMILES string of the molecule is C[C@H](NC(=O)c1ccccc1)C(=O)N(O)C(C)(C)C. The predicted molar refractivity (Wildman–Crippen MR) is 71.8 cm³/mol. The average Bonchev–Trinajstić information content (AvgIpc) is 2.36. The first-order valence-electron chi connectivity index (χ1n) is 6.12. The summed E-state index contributed by atoms with van der Waals surface area (Å²) in [4.78, 5) is 23.8. The van der Waals surface area contributed by atoms with Gasteiger partial charge in [0.25, 0.3) is 11.8 Å². The molecule has 0 saturated carbocycles. The second-order valence-corrected chi connectivity index (χ2v) is 5.38. The number of carbonyl (C=O) groups is 2. The summed E-state index contributed by atoms with van der Waals surface area (Å²) in [6.07, 6.45) is 0. The van der Waals surface area contributed by atoms with E-state index in [-0.39, 0.29) is 5.91 Å². The molecule has 0 radical (unpaired) electrons. The highest BCUT2D eigenvalue weighted by atomic mass is 16.5. The molecule has 0 unspecified atom stereocenters. The molecule has 0 heterocycles. The first-order chi connectivity index (χ1) is 8.73. The zero-order chi connectivity index (χ0) is 14.6. The van der Waals surface area contributed by atoms with Crippen LogP contribution in [0.2, 0.25) is 0 Å². The van der Waals surface area contributed by atoms with Crippen LogP contribution in [0.3, 0.4) is 0 Å². The Kier molecular flexibility index (Phi) is 4.67. The van der Waals surface area contributed by atoms with Gasteiger partial charge in [0, 0.05) is 5.56 Å². The topological polar surface area (TPSA) is 69.6 Å². The summed E-state index contributed by atoms with van der Waals surface area (Å²) >= 11 is 0. The van der Waals surface area contributed by atoms with Crippen molar-refractivity contribution < 1.29 is 14.8 Å². The van der Waals surface area contributed by atoms with Crippen molar-refractivity contribution in [1.29, 1.82) is 0 Å². The van der Waals surface area contributed by atoms with Crippen molar-refractivity contribution in [2.75, 3.05) is 0 Å². The molecule has 0 aromatic heterocycles. The predicted octanol–water partition coefficient (Wildman–Crippen LogP) is 1.82. The summed E-state index contributed by atoms with van der Waals surface area (Å²) < 4.78 is 0. The molecule has 1 rings (SSSR count). The van der Waals surface area contributed by atoms with Gasteiger partial charge in [-0.15, -0.1) is 0 Å². The number of hydrogen-bond acceptors (Lipinski definition) is 3. The molecule has 19 heavy (non-hydrogen) atoms. The number of benzene rings is 1. The van der Waals surface area contributed by atoms with Crippen LogP contribution in [0.1, 0.15) is 38.1 Å². The average molecular weight is 264 g/mol. The van der Waals surface area contributed by atoms with E-state index in [1.165, 1.54) is 6.92 Å². The first kappa shape index (κ1) is 15.2. The smallest absolute Gasteiger partial charge is 0.268 e. The Morgan fingerprint density at radius 1 is 1.21 bits per heavy atom. The monoisotopic (exact) mass is 264 g/mol. The Morgan fingerprint density at radius 3 is 2.21 bits per heavy atom. The van der Waals surface area contributed by atoms with Gasteiger partial charge in [-0.3, -0.25) is 14.8 Å². The highest BCUT2D eigenvalue weighted by Gasteiger charge is 2.29. The molecule has 0 aliphatic heterocycles. The number of rotatable bonds is 3. The maximum Gasteiger partial charge on any atom is 0.268 e. The number of carbonyl (C=O) groups excluding carboxylic acids is 2. The van der Waals surface area contributed by atoms with Gasteiger partial charge in [-0.25, -0.2) is 5.06 Å². The van der Waals surface area contributed by atoms with Crippen molar-refractivity contribution in [3.8, 4) is 0 Å². The van der Waals surface area contributed by atoms with E-state index < -0.39 is 17.5 Å². The first-order valence-corrected chi connectivity index (χ1v) is 6.12. The zero-order valence-electron chi connectivity index (χ0n) is 11.7. The molecule has 2 amide bonds. The molecule has 1 aromatic rings. The fourth-order valence-corrected chi connectivity index (χ4v) is 1.45. The number of nitrogens with one attached hydrogen (secondary N) is 1. The molecular formula is C14H20N2O3. The number of hydrogen-bond donors (Lipinski definition) is 2. The van der Waals surface area contributed by atoms with E-state index in [1.807, 2.05) is 0 Å². The van der Waals surface area contributed by atoms with Gasteiger partial charge >= 0.3 is 0 Å². The molecule has 5 nitrogen and oxygen atoms in total. The molecule has 0 fully saturated rings. The van der Waals surface area contributed by atoms with Gasteiger partial charge in [0.15, 0.2) is 0 Å². The van der Waals surface area contributed by atoms with Crippen LogP contribution in [0, 0.1) is 0 Å². The van der Waals surface area contributed by atoms with Crippen molar-refractivity contribution in [2.45, 2.75) is 39.3 Å². The number of hydroxylamine groups is 2. The Balaban J connectivity index is 2.68. The van der Waals surface area contributed by atoms with Gasteiger partial charge in [-0.2, -0.15) is 0 Å². The van der Waals surface area contributed by atoms with E-state index in [1.54, 1.807) is 51.1 Å². The standard InChI is InChI=1S/C14H20N2O3/c1-10(13(18)16(19)14(2,3)4)15-12(17)11-8-6-5-7-9-11/h5-10,19H,1-4H3,(H,15,17)/t10-/m0/s1. The van der Waals surface area contributed by atoms with E-state index in [2.05, 4.69) is 5.32 Å². The lowest BCUT2D eigenvalue weighted by Gasteiger charge is -2.31. The molecular weight excluding hydrogens is 244 g/mol. The molecule has 1 atom stereocenters. The summed E-state index contributed by atoms with van der Waals surface area (Å²) in [6.45, 7) is 6.65. The normalized spacial score (nSPS) is 12.7. The minimum Gasteiger partial charge on any atom is -0.340 e. The van der Waals surface area contributed by atoms with E-state index >= 15 is 0 Å². The summed E-state index contributed by atoms with van der Waals surface area (Å²) in [7, 11) is 0. The van der Waals surface area contributed by atoms with Crippen LogP contribution < -0.4 is 5.32 Å². The second kappa shape index (κ2) is 5.84. The van der Waals surface area contributed by atoms with Crippen LogP contribution in [0.4, 0.5) is 0 Å². The van der Waals surface area contributed by atoms with Crippen LogP contribution in [0.25, 0.3) is 0 Å². The van der Waals surface area contributed by atoms with Crippen molar-refractivity contribution in [3.63, 3.8) is 0 Å². The van der Waals surface area contributed by atoms with Crippen molar-refractivity contribution >= 4 is 11.8 Å². The molecule has 0 saturated heterocycles. The molecule has 1 aromatic carbocycles. The van der Waals surface area contributed by atoms with Crippen molar-refractivity contribution in [3.05, 3.63) is 35.9 Å². The van der Waals surface area contributed by atoms with E-state index in [9.17, 15) is 14.8 Å². The summed E-state index contributed by atoms with van der Waals surface area (Å²) in [6, 6.07) is 7.82. The quantitative estimate of drug-likeness (QED) is 0.646. The van der Waals surface area contributed by atoms with Gasteiger partial charge in [-0.05, 0) is 39.8 Å². The third kappa shape index (κ3) is 4.06. The summed E-state index contributed by atoms with van der Waals surface area (Å²) in [5, 5.41) is 12.9. The van der Waals surface area contributed by atoms with Gasteiger partial charge in [0.2, 0.25) is 0 Å². The molecule has 0 spiro atoms. The number of amides is 2. The number of nitrogens with zero attached hydrogens (tertiary/aromatic N) is 1. The lowest BCUT2D eigenvalue weighted by molar-refractivity contribution is -0.188. The van der Waals surface area contributed by atoms with Gasteiger partial charge < -0.3 is 5.32 Å². The minimum atomic E-state index is -0.795. The van der Waals surface area contributed by atoms with E-state index in [0.29, 0.717) is 10.6 Å². The summed E-state index contributed by atoms with van der Waals surface area (Å²) in [5.41, 5.74) is -0.231. The fourth-order valence-electron chi connectivity index (χ4n) is 1.45. The lowest BCUT2D eigenvalue weighted by Crippen LogP contribution is -2.52. The second-order valence-electron chi connectivity index (χ2n) is 5.38. The van der Waals surface area contributed by atoms with Crippen LogP contribution in [0.5, 0.6) is 0 Å². The lowest BCUT2D eigenvalue weighted by atomic mass is 10.1. The van der Waals surface area contributed by atoms with Crippen LogP contribution in [-0.4, -0.2) is 33.7 Å². The molecule has 104 valence electrons. The van der Waals surface area contributed by atoms with E-state index in [4.69, 9.17) is 0 Å². The maximum absolute atomic E-state index is 11.9. The zero-order valence-corrected chi connectivity index (χ0v) is 11.7. The minimum absolute atomic E-state index is 0.344. The molecule has 0 aliphatic rings. The van der Waals surface area contributed by atoms with Crippen molar-refractivity contribution in [2.24, 2.45) is 0 Å².